The van der Waals surface area contributed by atoms with Crippen molar-refractivity contribution in [2.24, 2.45) is 0 Å². The monoisotopic (exact) mass is 483 g/mol. The lowest BCUT2D eigenvalue weighted by Gasteiger charge is -2.36. The van der Waals surface area contributed by atoms with E-state index in [1.54, 1.807) is 17.0 Å². The number of ether oxygens (including phenoxy) is 2. The highest BCUT2D eigenvalue weighted by molar-refractivity contribution is 6.32. The van der Waals surface area contributed by atoms with Gasteiger partial charge in [-0.3, -0.25) is 0 Å². The summed E-state index contributed by atoms with van der Waals surface area (Å²) in [5.41, 5.74) is 2.53. The van der Waals surface area contributed by atoms with E-state index < -0.39 is 0 Å². The fourth-order valence-electron chi connectivity index (χ4n) is 3.99. The van der Waals surface area contributed by atoms with E-state index in [9.17, 15) is 4.79 Å². The highest BCUT2D eigenvalue weighted by Crippen LogP contribution is 2.39. The van der Waals surface area contributed by atoms with E-state index in [-0.39, 0.29) is 6.03 Å². The minimum Gasteiger partial charge on any atom is -0.495 e. The zero-order valence-electron chi connectivity index (χ0n) is 19.1. The third-order valence-corrected chi connectivity index (χ3v) is 6.44. The SMILES string of the molecule is COc1cc(OC)c(NC(=O)N2CCN(c3ccc(-c4noc(C5CC5)n4)cc3)CC2)cc1Cl. The Hall–Kier alpha value is -3.46. The van der Waals surface area contributed by atoms with Crippen molar-refractivity contribution in [3.63, 3.8) is 0 Å². The summed E-state index contributed by atoms with van der Waals surface area (Å²) in [6.45, 7) is 2.63. The van der Waals surface area contributed by atoms with Gasteiger partial charge in [0, 0.05) is 49.4 Å². The number of urea groups is 1. The predicted molar refractivity (Wildman–Crippen MR) is 129 cm³/mol. The highest BCUT2D eigenvalue weighted by Gasteiger charge is 2.30. The van der Waals surface area contributed by atoms with Crippen molar-refractivity contribution < 1.29 is 18.8 Å². The molecule has 1 saturated heterocycles. The van der Waals surface area contributed by atoms with Crippen molar-refractivity contribution in [3.8, 4) is 22.9 Å². The lowest BCUT2D eigenvalue weighted by molar-refractivity contribution is 0.208. The number of halogens is 1. The van der Waals surface area contributed by atoms with Gasteiger partial charge >= 0.3 is 6.03 Å². The Morgan fingerprint density at radius 2 is 1.76 bits per heavy atom. The van der Waals surface area contributed by atoms with Crippen LogP contribution in [-0.2, 0) is 0 Å². The molecule has 178 valence electrons. The molecule has 2 fully saturated rings. The number of benzene rings is 2. The summed E-state index contributed by atoms with van der Waals surface area (Å²) < 4.78 is 15.9. The quantitative estimate of drug-likeness (QED) is 0.546. The minimum absolute atomic E-state index is 0.196. The second-order valence-corrected chi connectivity index (χ2v) is 8.78. The topological polar surface area (TPSA) is 93.0 Å². The molecule has 2 aromatic carbocycles. The van der Waals surface area contributed by atoms with Crippen molar-refractivity contribution in [3.05, 3.63) is 47.3 Å². The molecule has 1 aliphatic heterocycles. The maximum Gasteiger partial charge on any atom is 0.322 e. The van der Waals surface area contributed by atoms with Crippen LogP contribution in [0.2, 0.25) is 5.02 Å². The van der Waals surface area contributed by atoms with Crippen molar-refractivity contribution in [1.82, 2.24) is 15.0 Å². The van der Waals surface area contributed by atoms with Gasteiger partial charge in [0.1, 0.15) is 11.5 Å². The van der Waals surface area contributed by atoms with Gasteiger partial charge in [0.25, 0.3) is 0 Å². The predicted octanol–water partition coefficient (Wildman–Crippen LogP) is 4.64. The third-order valence-electron chi connectivity index (χ3n) is 6.14. The van der Waals surface area contributed by atoms with E-state index in [0.29, 0.717) is 47.0 Å². The second-order valence-electron chi connectivity index (χ2n) is 8.37. The maximum atomic E-state index is 12.8. The van der Waals surface area contributed by atoms with Crippen molar-refractivity contribution in [2.75, 3.05) is 50.6 Å². The number of rotatable bonds is 6. The van der Waals surface area contributed by atoms with Crippen LogP contribution < -0.4 is 19.7 Å². The van der Waals surface area contributed by atoms with Gasteiger partial charge in [-0.2, -0.15) is 4.98 Å². The van der Waals surface area contributed by atoms with Crippen LogP contribution in [0.25, 0.3) is 11.4 Å². The number of hydrogen-bond acceptors (Lipinski definition) is 7. The lowest BCUT2D eigenvalue weighted by atomic mass is 10.1. The van der Waals surface area contributed by atoms with Gasteiger partial charge in [-0.1, -0.05) is 16.8 Å². The van der Waals surface area contributed by atoms with E-state index in [4.69, 9.17) is 25.6 Å². The Morgan fingerprint density at radius 1 is 1.06 bits per heavy atom. The van der Waals surface area contributed by atoms with E-state index in [0.717, 1.165) is 43.1 Å². The third kappa shape index (κ3) is 4.61. The van der Waals surface area contributed by atoms with E-state index >= 15 is 0 Å². The molecule has 0 bridgehead atoms. The average Bonchev–Trinajstić information content (AvgIpc) is 3.61. The second kappa shape index (κ2) is 9.42. The first kappa shape index (κ1) is 22.3. The maximum absolute atomic E-state index is 12.8. The van der Waals surface area contributed by atoms with Gasteiger partial charge < -0.3 is 29.1 Å². The fraction of sp³-hybridized carbons (Fsp3) is 0.375. The Labute approximate surface area is 202 Å². The number of amides is 2. The molecule has 3 aromatic rings. The van der Waals surface area contributed by atoms with Gasteiger partial charge in [-0.15, -0.1) is 0 Å². The molecule has 9 nitrogen and oxygen atoms in total. The Morgan fingerprint density at radius 3 is 2.41 bits per heavy atom. The Bertz CT molecular complexity index is 1170. The molecule has 0 radical (unpaired) electrons. The molecule has 0 unspecified atom stereocenters. The van der Waals surface area contributed by atoms with Gasteiger partial charge in [0.05, 0.1) is 24.9 Å². The van der Waals surface area contributed by atoms with E-state index in [1.165, 1.54) is 14.2 Å². The molecule has 5 rings (SSSR count). The number of carbonyl (C=O) groups is 1. The molecule has 1 aliphatic carbocycles. The van der Waals surface area contributed by atoms with Crippen LogP contribution in [0, 0.1) is 0 Å². The first-order valence-electron chi connectivity index (χ1n) is 11.2. The summed E-state index contributed by atoms with van der Waals surface area (Å²) >= 11 is 6.22. The number of carbonyl (C=O) groups excluding carboxylic acids is 1. The molecule has 2 heterocycles. The normalized spacial score (nSPS) is 15.9. The highest BCUT2D eigenvalue weighted by atomic mass is 35.5. The lowest BCUT2D eigenvalue weighted by Crippen LogP contribution is -2.50. The molecule has 34 heavy (non-hydrogen) atoms. The Balaban J connectivity index is 1.18. The number of hydrogen-bond donors (Lipinski definition) is 1. The first-order valence-corrected chi connectivity index (χ1v) is 11.6. The molecule has 1 N–H and O–H groups in total. The number of nitrogens with one attached hydrogen (secondary N) is 1. The zero-order valence-corrected chi connectivity index (χ0v) is 19.8. The number of aromatic nitrogens is 2. The standard InChI is InChI=1S/C24H26ClN5O4/c1-32-20-14-21(33-2)19(13-18(20)25)26-24(31)30-11-9-29(10-12-30)17-7-5-15(6-8-17)22-27-23(34-28-22)16-3-4-16/h5-8,13-14,16H,3-4,9-12H2,1-2H3,(H,26,31). The van der Waals surface area contributed by atoms with Gasteiger partial charge in [0.2, 0.25) is 11.7 Å². The number of nitrogens with zero attached hydrogens (tertiary/aromatic N) is 4. The molecule has 2 aliphatic rings. The molecule has 1 aromatic heterocycles. The van der Waals surface area contributed by atoms with Crippen molar-refractivity contribution >= 4 is 29.0 Å². The van der Waals surface area contributed by atoms with Gasteiger partial charge in [0.15, 0.2) is 0 Å². The zero-order chi connectivity index (χ0) is 23.7. The van der Waals surface area contributed by atoms with Gasteiger partial charge in [-0.05, 0) is 43.2 Å². The summed E-state index contributed by atoms with van der Waals surface area (Å²) in [7, 11) is 3.06. The van der Waals surface area contributed by atoms with Crippen LogP contribution in [-0.4, -0.2) is 61.5 Å². The van der Waals surface area contributed by atoms with Crippen LogP contribution in [0.3, 0.4) is 0 Å². The molecule has 0 spiro atoms. The summed E-state index contributed by atoms with van der Waals surface area (Å²) in [6, 6.07) is 11.2. The minimum atomic E-state index is -0.196. The smallest absolute Gasteiger partial charge is 0.322 e. The molecular formula is C24H26ClN5O4. The van der Waals surface area contributed by atoms with Crippen LogP contribution >= 0.6 is 11.6 Å². The van der Waals surface area contributed by atoms with Crippen molar-refractivity contribution in [2.45, 2.75) is 18.8 Å². The molecule has 0 atom stereocenters. The molecule has 2 amide bonds. The average molecular weight is 484 g/mol. The summed E-state index contributed by atoms with van der Waals surface area (Å²) in [4.78, 5) is 21.4. The molecule has 1 saturated carbocycles. The van der Waals surface area contributed by atoms with Gasteiger partial charge in [-0.25, -0.2) is 4.79 Å². The largest absolute Gasteiger partial charge is 0.495 e. The fourth-order valence-corrected chi connectivity index (χ4v) is 4.23. The molecule has 10 heteroatoms. The number of piperazine rings is 1. The van der Waals surface area contributed by atoms with Crippen LogP contribution in [0.15, 0.2) is 40.9 Å². The summed E-state index contributed by atoms with van der Waals surface area (Å²) in [5.74, 6) is 2.78. The van der Waals surface area contributed by atoms with Crippen LogP contribution in [0.4, 0.5) is 16.2 Å². The summed E-state index contributed by atoms with van der Waals surface area (Å²) in [6.07, 6.45) is 2.26. The first-order chi connectivity index (χ1) is 16.6. The number of anilines is 2. The molecular weight excluding hydrogens is 458 g/mol. The van der Waals surface area contributed by atoms with Crippen molar-refractivity contribution in [1.29, 1.82) is 0 Å². The van der Waals surface area contributed by atoms with Crippen LogP contribution in [0.1, 0.15) is 24.7 Å². The van der Waals surface area contributed by atoms with Crippen LogP contribution in [0.5, 0.6) is 11.5 Å². The number of methoxy groups -OCH3 is 2. The summed E-state index contributed by atoms with van der Waals surface area (Å²) in [5, 5.41) is 7.40. The Kier molecular flexibility index (Phi) is 6.19. The van der Waals surface area contributed by atoms with E-state index in [1.807, 2.05) is 12.1 Å². The van der Waals surface area contributed by atoms with E-state index in [2.05, 4.69) is 32.5 Å².